The lowest BCUT2D eigenvalue weighted by Gasteiger charge is -2.30. The van der Waals surface area contributed by atoms with Crippen molar-refractivity contribution in [3.8, 4) is 11.5 Å². The van der Waals surface area contributed by atoms with Crippen molar-refractivity contribution in [3.63, 3.8) is 0 Å². The number of thiophene rings is 1. The van der Waals surface area contributed by atoms with E-state index in [0.717, 1.165) is 23.6 Å². The molecule has 0 spiro atoms. The molecule has 6 heteroatoms. The molecule has 0 saturated carbocycles. The predicted molar refractivity (Wildman–Crippen MR) is 88.6 cm³/mol. The van der Waals surface area contributed by atoms with Crippen molar-refractivity contribution in [2.75, 3.05) is 19.7 Å². The third-order valence-electron chi connectivity index (χ3n) is 3.81. The monoisotopic (exact) mass is 333 g/mol. The molecule has 1 aromatic carbocycles. The molecule has 0 saturated heterocycles. The maximum Gasteiger partial charge on any atom is 0.346 e. The Hall–Kier alpha value is -2.05. The van der Waals surface area contributed by atoms with Crippen molar-refractivity contribution in [2.24, 2.45) is 0 Å². The number of likely N-dealkylation sites (N-methyl/N-ethyl adjacent to an activating group) is 1. The summed E-state index contributed by atoms with van der Waals surface area (Å²) in [7, 11) is 0. The Morgan fingerprint density at radius 2 is 2.13 bits per heavy atom. The van der Waals surface area contributed by atoms with Gasteiger partial charge in [0.05, 0.1) is 0 Å². The molecule has 1 aromatic heterocycles. The number of carboxylic acids is 1. The van der Waals surface area contributed by atoms with E-state index >= 15 is 0 Å². The van der Waals surface area contributed by atoms with E-state index in [1.807, 2.05) is 35.7 Å². The normalized spacial score (nSPS) is 16.5. The molecule has 2 aromatic rings. The largest absolute Gasteiger partial charge is 0.486 e. The van der Waals surface area contributed by atoms with E-state index in [1.54, 1.807) is 0 Å². The second kappa shape index (κ2) is 7.02. The van der Waals surface area contributed by atoms with Crippen LogP contribution in [0.3, 0.4) is 0 Å². The van der Waals surface area contributed by atoms with E-state index in [-0.39, 0.29) is 6.10 Å². The highest BCUT2D eigenvalue weighted by Gasteiger charge is 2.23. The first-order valence-electron chi connectivity index (χ1n) is 7.58. The molecule has 0 aliphatic carbocycles. The van der Waals surface area contributed by atoms with Crippen LogP contribution in [0.15, 0.2) is 35.7 Å². The summed E-state index contributed by atoms with van der Waals surface area (Å²) in [6, 6.07) is 9.52. The van der Waals surface area contributed by atoms with Gasteiger partial charge in [-0.25, -0.2) is 4.79 Å². The number of hydrogen-bond acceptors (Lipinski definition) is 5. The number of para-hydroxylation sites is 2. The number of hydrogen-bond donors (Lipinski definition) is 1. The fourth-order valence-corrected chi connectivity index (χ4v) is 3.39. The Bertz CT molecular complexity index is 685. The standard InChI is InChI=1S/C17H19NO4S/c1-2-18(9-12-7-8-23-16(12)17(19)20)10-13-11-21-14-5-3-4-6-15(14)22-13/h3-8,13H,2,9-11H2,1H3,(H,19,20). The van der Waals surface area contributed by atoms with Crippen molar-refractivity contribution in [2.45, 2.75) is 19.6 Å². The first kappa shape index (κ1) is 15.8. The minimum Gasteiger partial charge on any atom is -0.486 e. The molecule has 1 aliphatic heterocycles. The third kappa shape index (κ3) is 3.65. The highest BCUT2D eigenvalue weighted by molar-refractivity contribution is 7.12. The maximum absolute atomic E-state index is 11.2. The molecule has 0 amide bonds. The lowest BCUT2D eigenvalue weighted by molar-refractivity contribution is 0.0576. The average Bonchev–Trinajstić information content (AvgIpc) is 3.02. The van der Waals surface area contributed by atoms with Crippen LogP contribution in [0.5, 0.6) is 11.5 Å². The van der Waals surface area contributed by atoms with Gasteiger partial charge in [-0.3, -0.25) is 4.90 Å². The minimum absolute atomic E-state index is 0.0586. The second-order valence-corrected chi connectivity index (χ2v) is 6.32. The smallest absolute Gasteiger partial charge is 0.346 e. The Morgan fingerprint density at radius 1 is 1.35 bits per heavy atom. The molecule has 5 nitrogen and oxygen atoms in total. The van der Waals surface area contributed by atoms with Crippen LogP contribution < -0.4 is 9.47 Å². The van der Waals surface area contributed by atoms with E-state index < -0.39 is 5.97 Å². The Kier molecular flexibility index (Phi) is 4.83. The Balaban J connectivity index is 1.64. The Labute approximate surface area is 139 Å². The summed E-state index contributed by atoms with van der Waals surface area (Å²) in [5.74, 6) is 0.677. The van der Waals surface area contributed by atoms with Crippen LogP contribution in [-0.4, -0.2) is 41.8 Å². The number of carbonyl (C=O) groups is 1. The lowest BCUT2D eigenvalue weighted by atomic mass is 10.2. The van der Waals surface area contributed by atoms with Gasteiger partial charge in [0, 0.05) is 13.1 Å². The molecular formula is C17H19NO4S. The van der Waals surface area contributed by atoms with Gasteiger partial charge in [0.1, 0.15) is 17.6 Å². The molecule has 3 rings (SSSR count). The van der Waals surface area contributed by atoms with Crippen molar-refractivity contribution in [3.05, 3.63) is 46.2 Å². The molecule has 122 valence electrons. The summed E-state index contributed by atoms with van der Waals surface area (Å²) in [4.78, 5) is 13.8. The van der Waals surface area contributed by atoms with Gasteiger partial charge in [-0.15, -0.1) is 11.3 Å². The van der Waals surface area contributed by atoms with Crippen LogP contribution in [-0.2, 0) is 6.54 Å². The molecule has 0 radical (unpaired) electrons. The molecule has 1 aliphatic rings. The molecular weight excluding hydrogens is 314 g/mol. The summed E-state index contributed by atoms with van der Waals surface area (Å²) in [5.41, 5.74) is 0.849. The fraction of sp³-hybridized carbons (Fsp3) is 0.353. The molecule has 0 fully saturated rings. The van der Waals surface area contributed by atoms with E-state index in [0.29, 0.717) is 24.6 Å². The molecule has 1 atom stereocenters. The SMILES string of the molecule is CCN(Cc1ccsc1C(=O)O)CC1COc2ccccc2O1. The number of fused-ring (bicyclic) bond motifs is 1. The Morgan fingerprint density at radius 3 is 2.87 bits per heavy atom. The first-order chi connectivity index (χ1) is 11.2. The van der Waals surface area contributed by atoms with Crippen LogP contribution >= 0.6 is 11.3 Å². The summed E-state index contributed by atoms with van der Waals surface area (Å²) in [6.45, 7) is 4.67. The summed E-state index contributed by atoms with van der Waals surface area (Å²) in [5, 5.41) is 11.0. The van der Waals surface area contributed by atoms with Gasteiger partial charge in [0.2, 0.25) is 0 Å². The fourth-order valence-electron chi connectivity index (χ4n) is 2.64. The quantitative estimate of drug-likeness (QED) is 0.880. The van der Waals surface area contributed by atoms with Gasteiger partial charge in [0.25, 0.3) is 0 Å². The molecule has 2 heterocycles. The van der Waals surface area contributed by atoms with E-state index in [2.05, 4.69) is 11.8 Å². The number of aromatic carboxylic acids is 1. The van der Waals surface area contributed by atoms with E-state index in [9.17, 15) is 9.90 Å². The zero-order valence-electron chi connectivity index (χ0n) is 12.9. The topological polar surface area (TPSA) is 59.0 Å². The lowest BCUT2D eigenvalue weighted by Crippen LogP contribution is -2.40. The zero-order valence-corrected chi connectivity index (χ0v) is 13.7. The highest BCUT2D eigenvalue weighted by Crippen LogP contribution is 2.31. The summed E-state index contributed by atoms with van der Waals surface area (Å²) < 4.78 is 11.7. The number of carboxylic acid groups (broad SMARTS) is 1. The minimum atomic E-state index is -0.864. The zero-order chi connectivity index (χ0) is 16.2. The van der Waals surface area contributed by atoms with Gasteiger partial charge in [0.15, 0.2) is 11.5 Å². The van der Waals surface area contributed by atoms with Crippen LogP contribution in [0, 0.1) is 0 Å². The van der Waals surface area contributed by atoms with Crippen LogP contribution in [0.1, 0.15) is 22.2 Å². The molecule has 1 unspecified atom stereocenters. The maximum atomic E-state index is 11.2. The summed E-state index contributed by atoms with van der Waals surface area (Å²) in [6.07, 6.45) is -0.0586. The number of nitrogens with zero attached hydrogens (tertiary/aromatic N) is 1. The molecule has 23 heavy (non-hydrogen) atoms. The van der Waals surface area contributed by atoms with Crippen LogP contribution in [0.25, 0.3) is 0 Å². The van der Waals surface area contributed by atoms with Gasteiger partial charge in [-0.05, 0) is 35.7 Å². The van der Waals surface area contributed by atoms with Crippen LogP contribution in [0.2, 0.25) is 0 Å². The molecule has 1 N–H and O–H groups in total. The van der Waals surface area contributed by atoms with Crippen molar-refractivity contribution < 1.29 is 19.4 Å². The number of ether oxygens (including phenoxy) is 2. The molecule has 0 bridgehead atoms. The van der Waals surface area contributed by atoms with Gasteiger partial charge < -0.3 is 14.6 Å². The number of benzene rings is 1. The van der Waals surface area contributed by atoms with E-state index in [4.69, 9.17) is 9.47 Å². The van der Waals surface area contributed by atoms with Gasteiger partial charge in [-0.2, -0.15) is 0 Å². The summed E-state index contributed by atoms with van der Waals surface area (Å²) >= 11 is 1.26. The van der Waals surface area contributed by atoms with Crippen molar-refractivity contribution in [1.29, 1.82) is 0 Å². The number of rotatable bonds is 6. The van der Waals surface area contributed by atoms with Crippen molar-refractivity contribution in [1.82, 2.24) is 4.90 Å². The van der Waals surface area contributed by atoms with Gasteiger partial charge >= 0.3 is 5.97 Å². The van der Waals surface area contributed by atoms with Crippen molar-refractivity contribution >= 4 is 17.3 Å². The average molecular weight is 333 g/mol. The first-order valence-corrected chi connectivity index (χ1v) is 8.46. The third-order valence-corrected chi connectivity index (χ3v) is 4.76. The van der Waals surface area contributed by atoms with E-state index in [1.165, 1.54) is 11.3 Å². The van der Waals surface area contributed by atoms with Gasteiger partial charge in [-0.1, -0.05) is 19.1 Å². The predicted octanol–water partition coefficient (Wildman–Crippen LogP) is 3.11. The van der Waals surface area contributed by atoms with Crippen LogP contribution in [0.4, 0.5) is 0 Å². The second-order valence-electron chi connectivity index (χ2n) is 5.41. The highest BCUT2D eigenvalue weighted by atomic mass is 32.1.